The molecule has 5 aliphatic heterocycles. The molecule has 15 heteroatoms. The third-order valence-corrected chi connectivity index (χ3v) is 12.8. The predicted octanol–water partition coefficient (Wildman–Crippen LogP) is 3.52. The van der Waals surface area contributed by atoms with E-state index >= 15 is 0 Å². The van der Waals surface area contributed by atoms with Crippen LogP contribution in [0.1, 0.15) is 79.4 Å². The van der Waals surface area contributed by atoms with Crippen LogP contribution in [0.25, 0.3) is 10.8 Å². The van der Waals surface area contributed by atoms with E-state index in [4.69, 9.17) is 10.7 Å². The number of anilines is 4. The van der Waals surface area contributed by atoms with Crippen molar-refractivity contribution in [3.63, 3.8) is 0 Å². The summed E-state index contributed by atoms with van der Waals surface area (Å²) in [5.74, 6) is 0.939. The maximum Gasteiger partial charge on any atom is 0.271 e. The van der Waals surface area contributed by atoms with Crippen molar-refractivity contribution >= 4 is 57.4 Å². The summed E-state index contributed by atoms with van der Waals surface area (Å²) in [7, 11) is 0. The third-order valence-electron chi connectivity index (χ3n) is 12.8. The fourth-order valence-corrected chi connectivity index (χ4v) is 9.56. The van der Waals surface area contributed by atoms with Crippen molar-refractivity contribution in [3.05, 3.63) is 82.5 Å². The van der Waals surface area contributed by atoms with Crippen LogP contribution >= 0.6 is 0 Å². The maximum atomic E-state index is 13.3. The molecular weight excluding hydrogens is 737 g/mol. The third kappa shape index (κ3) is 7.62. The zero-order chi connectivity index (χ0) is 39.9. The van der Waals surface area contributed by atoms with E-state index in [1.807, 2.05) is 35.2 Å². The van der Waals surface area contributed by atoms with Gasteiger partial charge in [0.1, 0.15) is 11.9 Å². The first-order chi connectivity index (χ1) is 28.2. The van der Waals surface area contributed by atoms with Gasteiger partial charge in [-0.15, -0.1) is 0 Å². The number of nitrogens with one attached hydrogen (secondary N) is 2. The van der Waals surface area contributed by atoms with Gasteiger partial charge in [0.2, 0.25) is 17.7 Å². The molecule has 5 saturated heterocycles. The molecule has 0 radical (unpaired) electrons. The quantitative estimate of drug-likeness (QED) is 0.201. The van der Waals surface area contributed by atoms with Gasteiger partial charge in [0.05, 0.1) is 6.20 Å². The van der Waals surface area contributed by atoms with Crippen LogP contribution in [0.2, 0.25) is 0 Å². The Kier molecular flexibility index (Phi) is 10.3. The Morgan fingerprint density at radius 2 is 1.67 bits per heavy atom. The van der Waals surface area contributed by atoms with Crippen molar-refractivity contribution in [2.45, 2.75) is 69.4 Å². The Balaban J connectivity index is 0.762. The number of aromatic nitrogens is 3. The van der Waals surface area contributed by atoms with Crippen LogP contribution < -0.4 is 31.7 Å². The van der Waals surface area contributed by atoms with Gasteiger partial charge < -0.3 is 35.2 Å². The number of hydrogen-bond acceptors (Lipinski definition) is 11. The van der Waals surface area contributed by atoms with Gasteiger partial charge in [-0.1, -0.05) is 12.1 Å². The van der Waals surface area contributed by atoms with E-state index in [1.165, 1.54) is 10.1 Å². The first-order valence-corrected chi connectivity index (χ1v) is 20.7. The molecule has 5 fully saturated rings. The Morgan fingerprint density at radius 1 is 0.862 bits per heavy atom. The highest BCUT2D eigenvalue weighted by Gasteiger charge is 2.34. The highest BCUT2D eigenvalue weighted by Crippen LogP contribution is 2.33. The largest absolute Gasteiger partial charge is 0.371 e. The maximum absolute atomic E-state index is 13.3. The second kappa shape index (κ2) is 15.8. The summed E-state index contributed by atoms with van der Waals surface area (Å²) < 4.78 is 1.45. The van der Waals surface area contributed by atoms with Crippen LogP contribution in [0.15, 0.2) is 65.7 Å². The minimum absolute atomic E-state index is 0.0907. The second-order valence-corrected chi connectivity index (χ2v) is 16.6. The molecule has 302 valence electrons. The molecule has 5 aliphatic rings. The average molecular weight is 787 g/mol. The number of hydrogen-bond donors (Lipinski definition) is 3. The normalized spacial score (nSPS) is 22.3. The van der Waals surface area contributed by atoms with E-state index in [0.29, 0.717) is 48.2 Å². The molecule has 2 aromatic heterocycles. The topological polar surface area (TPSA) is 179 Å². The molecule has 9 rings (SSSR count). The number of nitrogens with zero attached hydrogens (tertiary/aromatic N) is 7. The first kappa shape index (κ1) is 37.7. The van der Waals surface area contributed by atoms with Gasteiger partial charge in [-0.2, -0.15) is 0 Å². The summed E-state index contributed by atoms with van der Waals surface area (Å²) in [4.78, 5) is 80.3. The standard InChI is InChI=1S/C43H50N10O5/c44-40(56)39-41(47-36(22-45-39)51-16-1-3-33(26-51)52-17-2-4-38(52)55)46-31-7-5-28(6-8-31)30-24-49(25-30)23-27-13-18-50(19-14-27)32-9-10-34-29(21-32)15-20-53(43(34)58)35-11-12-37(54)48-42(35)57/h5-10,15,20-22,27,30,33,35H,1-4,11-14,16-19,23-26H2,(H2,44,56)(H,46,47)(H,48,54,57)/t33-,35?/m0/s1. The monoisotopic (exact) mass is 786 g/mol. The molecule has 7 heterocycles. The van der Waals surface area contributed by atoms with E-state index in [-0.39, 0.29) is 35.5 Å². The summed E-state index contributed by atoms with van der Waals surface area (Å²) in [5, 5.41) is 7.06. The van der Waals surface area contributed by atoms with Gasteiger partial charge in [0.15, 0.2) is 11.5 Å². The number of piperidine rings is 3. The fourth-order valence-electron chi connectivity index (χ4n) is 9.56. The van der Waals surface area contributed by atoms with Crippen LogP contribution in [0.4, 0.5) is 23.0 Å². The highest BCUT2D eigenvalue weighted by molar-refractivity contribution is 5.99. The number of benzene rings is 2. The number of nitrogens with two attached hydrogens (primary N) is 1. The molecule has 0 saturated carbocycles. The molecule has 4 N–H and O–H groups in total. The van der Waals surface area contributed by atoms with Crippen molar-refractivity contribution < 1.29 is 19.2 Å². The summed E-state index contributed by atoms with van der Waals surface area (Å²) in [5.41, 5.74) is 8.76. The van der Waals surface area contributed by atoms with E-state index in [9.17, 15) is 24.0 Å². The molecule has 4 amide bonds. The molecule has 1 unspecified atom stereocenters. The molecule has 15 nitrogen and oxygen atoms in total. The zero-order valence-electron chi connectivity index (χ0n) is 32.6. The smallest absolute Gasteiger partial charge is 0.271 e. The Bertz CT molecular complexity index is 2300. The predicted molar refractivity (Wildman–Crippen MR) is 220 cm³/mol. The van der Waals surface area contributed by atoms with Crippen molar-refractivity contribution in [3.8, 4) is 0 Å². The number of rotatable bonds is 10. The number of fused-ring (bicyclic) bond motifs is 1. The molecule has 0 aliphatic carbocycles. The minimum Gasteiger partial charge on any atom is -0.371 e. The van der Waals surface area contributed by atoms with E-state index in [1.54, 1.807) is 12.4 Å². The van der Waals surface area contributed by atoms with Gasteiger partial charge >= 0.3 is 0 Å². The molecule has 0 spiro atoms. The number of pyridine rings is 1. The molecular formula is C43H50N10O5. The number of likely N-dealkylation sites (tertiary alicyclic amines) is 2. The zero-order valence-corrected chi connectivity index (χ0v) is 32.6. The lowest BCUT2D eigenvalue weighted by molar-refractivity contribution is -0.136. The Labute approximate surface area is 336 Å². The van der Waals surface area contributed by atoms with Crippen LogP contribution in [0.5, 0.6) is 0 Å². The van der Waals surface area contributed by atoms with Crippen molar-refractivity contribution in [1.29, 1.82) is 0 Å². The van der Waals surface area contributed by atoms with Crippen molar-refractivity contribution in [1.82, 2.24) is 29.7 Å². The molecule has 2 atom stereocenters. The lowest BCUT2D eigenvalue weighted by Crippen LogP contribution is -2.48. The van der Waals surface area contributed by atoms with Gasteiger partial charge in [0, 0.05) is 100 Å². The van der Waals surface area contributed by atoms with Gasteiger partial charge in [-0.3, -0.25) is 29.3 Å². The fraction of sp³-hybridized carbons (Fsp3) is 0.465. The molecule has 2 aromatic carbocycles. The van der Waals surface area contributed by atoms with Crippen LogP contribution in [0, 0.1) is 5.92 Å². The van der Waals surface area contributed by atoms with Gasteiger partial charge in [0.25, 0.3) is 11.5 Å². The molecule has 4 aromatic rings. The first-order valence-electron chi connectivity index (χ1n) is 20.7. The van der Waals surface area contributed by atoms with E-state index < -0.39 is 17.9 Å². The number of imide groups is 1. The number of primary amides is 1. The minimum atomic E-state index is -0.670. The van der Waals surface area contributed by atoms with E-state index in [2.05, 4.69) is 48.5 Å². The molecule has 58 heavy (non-hydrogen) atoms. The Hall–Kier alpha value is -5.83. The summed E-state index contributed by atoms with van der Waals surface area (Å²) >= 11 is 0. The number of amides is 4. The van der Waals surface area contributed by atoms with Gasteiger partial charge in [-0.25, -0.2) is 9.97 Å². The van der Waals surface area contributed by atoms with Crippen LogP contribution in [-0.2, 0) is 14.4 Å². The lowest BCUT2D eigenvalue weighted by atomic mass is 9.88. The average Bonchev–Trinajstić information content (AvgIpc) is 3.65. The number of carbonyl (C=O) groups excluding carboxylic acids is 4. The van der Waals surface area contributed by atoms with Crippen molar-refractivity contribution in [2.24, 2.45) is 11.7 Å². The number of carbonyl (C=O) groups is 4. The summed E-state index contributed by atoms with van der Waals surface area (Å²) in [6.45, 7) is 7.35. The van der Waals surface area contributed by atoms with E-state index in [0.717, 1.165) is 94.7 Å². The van der Waals surface area contributed by atoms with Crippen molar-refractivity contribution in [2.75, 3.05) is 67.5 Å². The highest BCUT2D eigenvalue weighted by atomic mass is 16.2. The van der Waals surface area contributed by atoms with Gasteiger partial charge in [-0.05, 0) is 91.8 Å². The summed E-state index contributed by atoms with van der Waals surface area (Å²) in [6, 6.07) is 15.6. The molecule has 0 bridgehead atoms. The second-order valence-electron chi connectivity index (χ2n) is 16.6. The lowest BCUT2D eigenvalue weighted by Gasteiger charge is -2.43. The van der Waals surface area contributed by atoms with Crippen LogP contribution in [-0.4, -0.2) is 106 Å². The SMILES string of the molecule is NC(=O)c1ncc(N2CCC[C@H](N3CCCC3=O)C2)nc1Nc1ccc(C2CN(CC3CCN(c4ccc5c(=O)n(C6CCC(=O)NC6=O)ccc5c4)CC3)C2)cc1. The summed E-state index contributed by atoms with van der Waals surface area (Å²) in [6.07, 6.45) is 9.50. The van der Waals surface area contributed by atoms with Crippen LogP contribution in [0.3, 0.4) is 0 Å². The Morgan fingerprint density at radius 3 is 2.41 bits per heavy atom.